The summed E-state index contributed by atoms with van der Waals surface area (Å²) >= 11 is 0. The zero-order chi connectivity index (χ0) is 36.2. The Balaban J connectivity index is 0.00000136. The molecule has 3 heterocycles. The molecule has 0 spiro atoms. The van der Waals surface area contributed by atoms with E-state index < -0.39 is 0 Å². The summed E-state index contributed by atoms with van der Waals surface area (Å²) in [6.45, 7) is 14.7. The predicted octanol–water partition coefficient (Wildman–Crippen LogP) is 7.52. The monoisotopic (exact) mass is 678 g/mol. The topological polar surface area (TPSA) is 138 Å². The van der Waals surface area contributed by atoms with Crippen molar-refractivity contribution in [2.24, 2.45) is 0 Å². The number of hydrogen-bond donors (Lipinski definition) is 1. The lowest BCUT2D eigenvalue weighted by molar-refractivity contribution is 0.0303. The first kappa shape index (κ1) is 37.4. The summed E-state index contributed by atoms with van der Waals surface area (Å²) < 4.78 is 20.5. The van der Waals surface area contributed by atoms with Crippen LogP contribution in [0.4, 0.5) is 5.82 Å². The number of aromatic nitrogens is 3. The number of hydrogen-bond acceptors (Lipinski definition) is 8. The van der Waals surface area contributed by atoms with Gasteiger partial charge in [0.25, 0.3) is 5.91 Å². The Morgan fingerprint density at radius 3 is 2.44 bits per heavy atom. The van der Waals surface area contributed by atoms with E-state index in [9.17, 15) is 14.9 Å². The van der Waals surface area contributed by atoms with Gasteiger partial charge in [-0.2, -0.15) is 10.4 Å². The molecule has 1 aliphatic heterocycles. The molecule has 0 unspecified atom stereocenters. The van der Waals surface area contributed by atoms with Gasteiger partial charge in [0, 0.05) is 30.6 Å². The highest BCUT2D eigenvalue weighted by Crippen LogP contribution is 2.30. The highest BCUT2D eigenvalue weighted by Gasteiger charge is 2.25. The van der Waals surface area contributed by atoms with Crippen LogP contribution in [0.25, 0.3) is 16.6 Å². The van der Waals surface area contributed by atoms with Gasteiger partial charge in [-0.25, -0.2) is 4.68 Å². The van der Waals surface area contributed by atoms with E-state index in [0.29, 0.717) is 66.9 Å². The summed E-state index contributed by atoms with van der Waals surface area (Å²) in [5, 5.41) is 14.6. The van der Waals surface area contributed by atoms with Crippen LogP contribution in [0.5, 0.6) is 11.5 Å². The van der Waals surface area contributed by atoms with Crippen LogP contribution in [0.2, 0.25) is 0 Å². The zero-order valence-corrected chi connectivity index (χ0v) is 29.7. The van der Waals surface area contributed by atoms with Crippen LogP contribution in [-0.2, 0) is 16.2 Å². The second kappa shape index (κ2) is 17.8. The number of nitrogen functional groups attached to an aromatic ring is 1. The van der Waals surface area contributed by atoms with Gasteiger partial charge >= 0.3 is 0 Å². The average Bonchev–Trinajstić information content (AvgIpc) is 3.73. The van der Waals surface area contributed by atoms with E-state index in [1.165, 1.54) is 10.9 Å². The highest BCUT2D eigenvalue weighted by atomic mass is 16.5. The zero-order valence-electron chi connectivity index (χ0n) is 29.7. The van der Waals surface area contributed by atoms with Crippen molar-refractivity contribution in [1.82, 2.24) is 19.2 Å². The molecule has 1 fully saturated rings. The Morgan fingerprint density at radius 1 is 1.00 bits per heavy atom. The van der Waals surface area contributed by atoms with E-state index in [1.54, 1.807) is 53.4 Å². The molecule has 2 N–H and O–H groups in total. The van der Waals surface area contributed by atoms with Crippen LogP contribution in [-0.4, -0.2) is 63.8 Å². The van der Waals surface area contributed by atoms with Crippen molar-refractivity contribution in [1.29, 1.82) is 5.26 Å². The molecule has 0 radical (unpaired) electrons. The largest absolute Gasteiger partial charge is 0.456 e. The van der Waals surface area contributed by atoms with Crippen LogP contribution >= 0.6 is 0 Å². The number of nitrogens with zero attached hydrogens (tertiary/aromatic N) is 5. The van der Waals surface area contributed by atoms with E-state index in [0.717, 1.165) is 22.9 Å². The number of carbonyl (C=O) groups is 2. The molecule has 0 atom stereocenters. The molecule has 50 heavy (non-hydrogen) atoms. The average molecular weight is 679 g/mol. The summed E-state index contributed by atoms with van der Waals surface area (Å²) in [5.41, 5.74) is 10.4. The lowest BCUT2D eigenvalue weighted by atomic mass is 10.1. The first-order valence-electron chi connectivity index (χ1n) is 17.1. The molecule has 0 aliphatic carbocycles. The Bertz CT molecular complexity index is 1970. The number of fused-ring (bicyclic) bond motifs is 1. The molecule has 5 aromatic rings. The molecule has 0 saturated carbocycles. The van der Waals surface area contributed by atoms with Crippen molar-refractivity contribution < 1.29 is 23.8 Å². The minimum absolute atomic E-state index is 0.0698. The van der Waals surface area contributed by atoms with Crippen LogP contribution < -0.4 is 10.5 Å². The summed E-state index contributed by atoms with van der Waals surface area (Å²) in [5.74, 6) is 0.811. The number of anilines is 1. The Morgan fingerprint density at radius 2 is 1.74 bits per heavy atom. The second-order valence-electron chi connectivity index (χ2n) is 11.0. The fraction of sp³-hybridized carbons (Fsp3) is 0.333. The van der Waals surface area contributed by atoms with E-state index in [1.807, 2.05) is 64.3 Å². The summed E-state index contributed by atoms with van der Waals surface area (Å²) in [6.07, 6.45) is 2.29. The molecule has 1 amide bonds. The minimum atomic E-state index is -0.313. The molecule has 0 bridgehead atoms. The van der Waals surface area contributed by atoms with Gasteiger partial charge in [0.15, 0.2) is 0 Å². The molecular weight excluding hydrogens is 632 g/mol. The molecule has 2 aromatic heterocycles. The number of amides is 1. The van der Waals surface area contributed by atoms with Crippen molar-refractivity contribution in [2.45, 2.75) is 54.7 Å². The molecule has 1 aliphatic rings. The third kappa shape index (κ3) is 8.05. The maximum atomic E-state index is 14.1. The fourth-order valence-corrected chi connectivity index (χ4v) is 5.55. The highest BCUT2D eigenvalue weighted by molar-refractivity contribution is 6.13. The van der Waals surface area contributed by atoms with Gasteiger partial charge in [0.1, 0.15) is 30.1 Å². The van der Waals surface area contributed by atoms with Crippen molar-refractivity contribution in [3.05, 3.63) is 101 Å². The van der Waals surface area contributed by atoms with Gasteiger partial charge in [-0.05, 0) is 73.5 Å². The number of nitrogens with two attached hydrogens (primary N) is 1. The first-order valence-corrected chi connectivity index (χ1v) is 17.1. The Labute approximate surface area is 293 Å². The number of carbonyl (C=O) groups excluding carboxylic acids is 2. The molecule has 11 nitrogen and oxygen atoms in total. The van der Waals surface area contributed by atoms with Gasteiger partial charge in [0.2, 0.25) is 5.78 Å². The van der Waals surface area contributed by atoms with Crippen molar-refractivity contribution in [3.8, 4) is 23.3 Å². The third-order valence-corrected chi connectivity index (χ3v) is 7.93. The number of rotatable bonds is 10. The van der Waals surface area contributed by atoms with E-state index in [2.05, 4.69) is 11.2 Å². The Kier molecular flexibility index (Phi) is 13.3. The molecule has 3 aromatic carbocycles. The number of para-hydroxylation sites is 1. The quantitative estimate of drug-likeness (QED) is 0.118. The Hall–Kier alpha value is -5.44. The molecular formula is C39H46N6O5. The first-order chi connectivity index (χ1) is 24.4. The smallest absolute Gasteiger partial charge is 0.254 e. The lowest BCUT2D eigenvalue weighted by Crippen LogP contribution is -2.40. The number of ether oxygens (including phenoxy) is 3. The SMILES string of the molecule is CC.CC.CCCOCn1c(C(=O)c2cnn(-c3ccc(Oc4ccccc4C#N)cc3C)c2N)cc2cc(C(=O)N3CCOCC3)ccc21. The molecule has 11 heteroatoms. The van der Waals surface area contributed by atoms with Gasteiger partial charge in [0.05, 0.1) is 47.4 Å². The van der Waals surface area contributed by atoms with Crippen LogP contribution in [0, 0.1) is 18.3 Å². The second-order valence-corrected chi connectivity index (χ2v) is 11.0. The van der Waals surface area contributed by atoms with Gasteiger partial charge < -0.3 is 29.4 Å². The third-order valence-electron chi connectivity index (χ3n) is 7.93. The maximum Gasteiger partial charge on any atom is 0.254 e. The lowest BCUT2D eigenvalue weighted by Gasteiger charge is -2.26. The molecule has 6 rings (SSSR count). The van der Waals surface area contributed by atoms with Crippen LogP contribution in [0.1, 0.15) is 78.6 Å². The van der Waals surface area contributed by atoms with Crippen LogP contribution in [0.3, 0.4) is 0 Å². The van der Waals surface area contributed by atoms with Gasteiger partial charge in [-0.15, -0.1) is 0 Å². The van der Waals surface area contributed by atoms with E-state index in [-0.39, 0.29) is 29.8 Å². The molecule has 1 saturated heterocycles. The normalized spacial score (nSPS) is 12.3. The minimum Gasteiger partial charge on any atom is -0.456 e. The number of benzene rings is 3. The number of aryl methyl sites for hydroxylation is 1. The fourth-order valence-electron chi connectivity index (χ4n) is 5.55. The van der Waals surface area contributed by atoms with Crippen molar-refractivity contribution in [3.63, 3.8) is 0 Å². The van der Waals surface area contributed by atoms with Crippen LogP contribution in [0.15, 0.2) is 72.9 Å². The maximum absolute atomic E-state index is 14.1. The number of nitriles is 1. The summed E-state index contributed by atoms with van der Waals surface area (Å²) in [4.78, 5) is 29.0. The van der Waals surface area contributed by atoms with Crippen molar-refractivity contribution >= 4 is 28.4 Å². The number of ketones is 1. The van der Waals surface area contributed by atoms with Crippen molar-refractivity contribution in [2.75, 3.05) is 38.6 Å². The van der Waals surface area contributed by atoms with Gasteiger partial charge in [-0.1, -0.05) is 46.8 Å². The summed E-state index contributed by atoms with van der Waals surface area (Å²) in [7, 11) is 0. The summed E-state index contributed by atoms with van der Waals surface area (Å²) in [6, 6.07) is 21.8. The molecule has 262 valence electrons. The van der Waals surface area contributed by atoms with E-state index >= 15 is 0 Å². The predicted molar refractivity (Wildman–Crippen MR) is 195 cm³/mol. The standard InChI is InChI=1S/C35H34N6O5.2C2H6/c1-3-14-45-22-40-30-10-8-24(35(43)39-12-15-44-16-13-39)18-26(30)19-31(40)33(42)28-21-38-41(34(28)37)29-11-9-27(17-23(29)2)46-32-7-5-4-6-25(32)20-36;2*1-2/h4-11,17-19,21H,3,12-16,22,37H2,1-2H3;2*1-2H3. The number of morpholine rings is 1. The van der Waals surface area contributed by atoms with E-state index in [4.69, 9.17) is 19.9 Å². The van der Waals surface area contributed by atoms with Gasteiger partial charge in [-0.3, -0.25) is 9.59 Å².